The van der Waals surface area contributed by atoms with Gasteiger partial charge in [0.15, 0.2) is 17.8 Å². The third kappa shape index (κ3) is 20.1. The highest BCUT2D eigenvalue weighted by molar-refractivity contribution is 5.86. The van der Waals surface area contributed by atoms with Gasteiger partial charge in [-0.25, -0.2) is 0 Å². The number of hydrogen-bond acceptors (Lipinski definition) is 10. The second-order valence-electron chi connectivity index (χ2n) is 16.3. The molecule has 0 N–H and O–H groups in total. The molecule has 0 spiro atoms. The van der Waals surface area contributed by atoms with Crippen molar-refractivity contribution in [2.24, 2.45) is 0 Å². The summed E-state index contributed by atoms with van der Waals surface area (Å²) in [7, 11) is 1.65. The van der Waals surface area contributed by atoms with Crippen LogP contribution in [0.4, 0.5) is 0 Å². The highest BCUT2D eigenvalue weighted by Crippen LogP contribution is 2.33. The molecule has 0 aromatic heterocycles. The van der Waals surface area contributed by atoms with Crippen LogP contribution in [0, 0.1) is 0 Å². The van der Waals surface area contributed by atoms with Gasteiger partial charge in [0.05, 0.1) is 46.2 Å². The quantitative estimate of drug-likeness (QED) is 0.0853. The highest BCUT2D eigenvalue weighted by atomic mass is 16.7. The standard InChI is InChI=1S/C49H82O10/c1-4-6-8-10-12-14-16-18-20-24-28-53-40-45-46(56-29-25-21-19-17-15-13-11-9-7-5-2)47-48(49(50-3)59-45)58-37-33-52-31-35-55-44-39-42-27-23-22-26-41(42)38-43(44)54-34-30-51-32-36-57-47/h22-23,26-27,38-39,45-49H,4-21,24-25,28-37,40H2,1-3H3/t45-,46-,47+,48-,49+/m1/s1. The van der Waals surface area contributed by atoms with E-state index in [0.29, 0.717) is 84.2 Å². The van der Waals surface area contributed by atoms with Crippen LogP contribution in [0.2, 0.25) is 0 Å². The van der Waals surface area contributed by atoms with E-state index in [-0.39, 0.29) is 6.10 Å². The average molecular weight is 831 g/mol. The monoisotopic (exact) mass is 831 g/mol. The lowest BCUT2D eigenvalue weighted by Gasteiger charge is -2.45. The summed E-state index contributed by atoms with van der Waals surface area (Å²) in [6.07, 6.45) is 23.2. The number of methoxy groups -OCH3 is 1. The summed E-state index contributed by atoms with van der Waals surface area (Å²) in [5.41, 5.74) is 0. The molecule has 2 aromatic carbocycles. The van der Waals surface area contributed by atoms with E-state index in [4.69, 9.17) is 47.4 Å². The van der Waals surface area contributed by atoms with E-state index in [0.717, 1.165) is 30.0 Å². The fourth-order valence-electron chi connectivity index (χ4n) is 8.01. The topological polar surface area (TPSA) is 92.3 Å². The smallest absolute Gasteiger partial charge is 0.186 e. The fourth-order valence-corrected chi connectivity index (χ4v) is 8.01. The summed E-state index contributed by atoms with van der Waals surface area (Å²) in [4.78, 5) is 0. The van der Waals surface area contributed by atoms with Crippen molar-refractivity contribution in [3.8, 4) is 11.5 Å². The molecule has 1 saturated heterocycles. The van der Waals surface area contributed by atoms with Crippen LogP contribution in [0.3, 0.4) is 0 Å². The van der Waals surface area contributed by atoms with Crippen molar-refractivity contribution in [1.82, 2.24) is 0 Å². The molecule has 10 heteroatoms. The van der Waals surface area contributed by atoms with Crippen LogP contribution < -0.4 is 9.47 Å². The Morgan fingerprint density at radius 3 is 1.49 bits per heavy atom. The first-order chi connectivity index (χ1) is 29.2. The molecule has 0 bridgehead atoms. The molecule has 2 aliphatic heterocycles. The predicted octanol–water partition coefficient (Wildman–Crippen LogP) is 11.0. The molecule has 338 valence electrons. The van der Waals surface area contributed by atoms with E-state index < -0.39 is 24.6 Å². The van der Waals surface area contributed by atoms with Crippen molar-refractivity contribution >= 4 is 10.8 Å². The maximum absolute atomic E-state index is 6.71. The third-order valence-electron chi connectivity index (χ3n) is 11.4. The van der Waals surface area contributed by atoms with Crippen molar-refractivity contribution in [3.05, 3.63) is 36.4 Å². The Balaban J connectivity index is 1.32. The molecule has 10 nitrogen and oxygen atoms in total. The van der Waals surface area contributed by atoms with Gasteiger partial charge in [-0.05, 0) is 35.7 Å². The average Bonchev–Trinajstić information content (AvgIpc) is 3.25. The molecule has 0 saturated carbocycles. The molecule has 1 fully saturated rings. The van der Waals surface area contributed by atoms with E-state index >= 15 is 0 Å². The van der Waals surface area contributed by atoms with Crippen molar-refractivity contribution in [2.75, 3.05) is 79.8 Å². The lowest BCUT2D eigenvalue weighted by atomic mass is 9.98. The lowest BCUT2D eigenvalue weighted by molar-refractivity contribution is -0.319. The van der Waals surface area contributed by atoms with Gasteiger partial charge in [0.1, 0.15) is 37.6 Å². The number of hydrogen-bond donors (Lipinski definition) is 0. The largest absolute Gasteiger partial charge is 0.487 e. The molecule has 0 amide bonds. The normalized spacial score (nSPS) is 22.5. The Labute approximate surface area is 357 Å². The Morgan fingerprint density at radius 2 is 0.983 bits per heavy atom. The number of ether oxygens (including phenoxy) is 10. The number of fused-ring (bicyclic) bond motifs is 3. The summed E-state index contributed by atoms with van der Waals surface area (Å²) >= 11 is 0. The fraction of sp³-hybridized carbons (Fsp3) is 0.796. The third-order valence-corrected chi connectivity index (χ3v) is 11.4. The van der Waals surface area contributed by atoms with E-state index in [1.54, 1.807) is 7.11 Å². The SMILES string of the molecule is CCCCCCCCCCCCOC[C@H]1O[C@H](OC)[C@@H]2OCCOCCOc3cc4ccccc4cc3OCCOCCO[C@H]2[C@@H]1OCCCCCCCCCCCC. The van der Waals surface area contributed by atoms with E-state index in [1.807, 2.05) is 24.3 Å². The molecule has 2 aliphatic rings. The molecule has 2 heterocycles. The second kappa shape index (κ2) is 32.7. The zero-order chi connectivity index (χ0) is 41.4. The summed E-state index contributed by atoms with van der Waals surface area (Å²) < 4.78 is 62.9. The van der Waals surface area contributed by atoms with Crippen LogP contribution in [0.1, 0.15) is 142 Å². The van der Waals surface area contributed by atoms with Gasteiger partial charge in [-0.1, -0.05) is 154 Å². The van der Waals surface area contributed by atoms with Crippen LogP contribution in [-0.4, -0.2) is 110 Å². The van der Waals surface area contributed by atoms with Crippen LogP contribution in [0.5, 0.6) is 11.5 Å². The first kappa shape index (κ1) is 49.6. The van der Waals surface area contributed by atoms with Gasteiger partial charge in [0.25, 0.3) is 0 Å². The van der Waals surface area contributed by atoms with Crippen LogP contribution in [-0.2, 0) is 37.9 Å². The summed E-state index contributed by atoms with van der Waals surface area (Å²) in [6, 6.07) is 12.2. The summed E-state index contributed by atoms with van der Waals surface area (Å²) in [5, 5.41) is 2.18. The van der Waals surface area contributed by atoms with Gasteiger partial charge in [-0.15, -0.1) is 0 Å². The van der Waals surface area contributed by atoms with Crippen molar-refractivity contribution in [1.29, 1.82) is 0 Å². The molecule has 0 aliphatic carbocycles. The van der Waals surface area contributed by atoms with Crippen LogP contribution >= 0.6 is 0 Å². The highest BCUT2D eigenvalue weighted by Gasteiger charge is 2.48. The maximum atomic E-state index is 6.71. The molecular weight excluding hydrogens is 749 g/mol. The minimum absolute atomic E-state index is 0.333. The Kier molecular flexibility index (Phi) is 27.5. The molecular formula is C49H82O10. The summed E-state index contributed by atoms with van der Waals surface area (Å²) in [5.74, 6) is 1.37. The molecule has 5 atom stereocenters. The van der Waals surface area contributed by atoms with Gasteiger partial charge in [-0.3, -0.25) is 0 Å². The molecule has 59 heavy (non-hydrogen) atoms. The first-order valence-corrected chi connectivity index (χ1v) is 23.8. The molecule has 2 aromatic rings. The maximum Gasteiger partial charge on any atom is 0.186 e. The summed E-state index contributed by atoms with van der Waals surface area (Å²) in [6.45, 7) is 9.28. The minimum Gasteiger partial charge on any atom is -0.487 e. The zero-order valence-electron chi connectivity index (χ0n) is 37.4. The zero-order valence-corrected chi connectivity index (χ0v) is 37.4. The molecule has 0 unspecified atom stereocenters. The van der Waals surface area contributed by atoms with Crippen LogP contribution in [0.15, 0.2) is 36.4 Å². The van der Waals surface area contributed by atoms with Crippen molar-refractivity contribution in [3.63, 3.8) is 0 Å². The van der Waals surface area contributed by atoms with Gasteiger partial charge in [0, 0.05) is 20.3 Å². The van der Waals surface area contributed by atoms with E-state index in [9.17, 15) is 0 Å². The minimum atomic E-state index is -0.655. The van der Waals surface area contributed by atoms with Gasteiger partial charge < -0.3 is 47.4 Å². The number of benzene rings is 2. The molecule has 0 radical (unpaired) electrons. The van der Waals surface area contributed by atoms with Gasteiger partial charge in [-0.2, -0.15) is 0 Å². The molecule has 4 rings (SSSR count). The Morgan fingerprint density at radius 1 is 0.525 bits per heavy atom. The van der Waals surface area contributed by atoms with E-state index in [1.165, 1.54) is 109 Å². The van der Waals surface area contributed by atoms with Gasteiger partial charge >= 0.3 is 0 Å². The number of unbranched alkanes of at least 4 members (excludes halogenated alkanes) is 18. The predicted molar refractivity (Wildman–Crippen MR) is 236 cm³/mol. The van der Waals surface area contributed by atoms with E-state index in [2.05, 4.69) is 26.0 Å². The lowest BCUT2D eigenvalue weighted by Crippen LogP contribution is -2.62. The first-order valence-electron chi connectivity index (χ1n) is 23.8. The Hall–Kier alpha value is -2.02. The van der Waals surface area contributed by atoms with Crippen molar-refractivity contribution < 1.29 is 47.4 Å². The number of rotatable bonds is 26. The Bertz CT molecular complexity index is 1290. The van der Waals surface area contributed by atoms with Crippen LogP contribution in [0.25, 0.3) is 10.8 Å². The van der Waals surface area contributed by atoms with Crippen molar-refractivity contribution in [2.45, 2.75) is 173 Å². The second-order valence-corrected chi connectivity index (χ2v) is 16.3. The van der Waals surface area contributed by atoms with Gasteiger partial charge in [0.2, 0.25) is 0 Å².